The summed E-state index contributed by atoms with van der Waals surface area (Å²) in [5.74, 6) is 0.418. The molecule has 1 aromatic carbocycles. The van der Waals surface area contributed by atoms with Crippen molar-refractivity contribution in [2.45, 2.75) is 44.8 Å². The number of carbonyl (C=O) groups excluding carboxylic acids is 2. The Morgan fingerprint density at radius 3 is 2.54 bits per heavy atom. The van der Waals surface area contributed by atoms with E-state index in [1.165, 1.54) is 0 Å². The number of nitrogens with one attached hydrogen (secondary N) is 2. The molecule has 11 heteroatoms. The van der Waals surface area contributed by atoms with Crippen LogP contribution in [0.2, 0.25) is 10.0 Å². The van der Waals surface area contributed by atoms with E-state index < -0.39 is 11.6 Å². The Morgan fingerprint density at radius 1 is 1.16 bits per heavy atom. The van der Waals surface area contributed by atoms with E-state index in [1.54, 1.807) is 29.3 Å². The molecule has 202 valence electrons. The summed E-state index contributed by atoms with van der Waals surface area (Å²) in [5.41, 5.74) is 6.88. The van der Waals surface area contributed by atoms with Crippen LogP contribution in [0, 0.1) is 0 Å². The summed E-state index contributed by atoms with van der Waals surface area (Å²) >= 11 is 12.4. The minimum absolute atomic E-state index is 0.0214. The molecule has 0 bridgehead atoms. The first kappa shape index (κ1) is 29.1. The number of hydrogen-bond donors (Lipinski definition) is 4. The van der Waals surface area contributed by atoms with E-state index in [9.17, 15) is 14.7 Å². The van der Waals surface area contributed by atoms with Crippen molar-refractivity contribution in [1.29, 1.82) is 0 Å². The van der Waals surface area contributed by atoms with Crippen molar-refractivity contribution in [2.75, 3.05) is 44.2 Å². The van der Waals surface area contributed by atoms with E-state index in [4.69, 9.17) is 28.9 Å². The molecule has 5 N–H and O–H groups in total. The van der Waals surface area contributed by atoms with Crippen molar-refractivity contribution in [3.63, 3.8) is 0 Å². The van der Waals surface area contributed by atoms with Crippen LogP contribution >= 0.6 is 23.2 Å². The quantitative estimate of drug-likeness (QED) is 0.337. The zero-order chi connectivity index (χ0) is 27.0. The highest BCUT2D eigenvalue weighted by Gasteiger charge is 2.30. The number of carbonyl (C=O) groups is 2. The normalized spacial score (nSPS) is 15.0. The molecule has 0 unspecified atom stereocenters. The van der Waals surface area contributed by atoms with Crippen LogP contribution in [0.1, 0.15) is 31.4 Å². The number of rotatable bonds is 11. The van der Waals surface area contributed by atoms with Gasteiger partial charge in [-0.1, -0.05) is 35.3 Å². The third kappa shape index (κ3) is 8.28. The summed E-state index contributed by atoms with van der Waals surface area (Å²) in [7, 11) is 0. The van der Waals surface area contributed by atoms with Crippen LogP contribution in [0.25, 0.3) is 0 Å². The Kier molecular flexibility index (Phi) is 10.5. The number of aliphatic hydroxyl groups excluding tert-OH is 1. The second-order valence-corrected chi connectivity index (χ2v) is 10.6. The predicted molar refractivity (Wildman–Crippen MR) is 147 cm³/mol. The minimum atomic E-state index is -0.764. The van der Waals surface area contributed by atoms with Crippen molar-refractivity contribution in [3.8, 4) is 0 Å². The Hall–Kier alpha value is -2.43. The number of nitrogens with two attached hydrogens (primary N) is 1. The topological polar surface area (TPSA) is 124 Å². The highest BCUT2D eigenvalue weighted by molar-refractivity contribution is 6.35. The molecule has 1 atom stereocenters. The maximum atomic E-state index is 13.5. The number of aromatic nitrogens is 1. The number of amides is 2. The fraction of sp³-hybridized carbons (Fsp3) is 0.500. The molecule has 1 saturated heterocycles. The van der Waals surface area contributed by atoms with E-state index in [-0.39, 0.29) is 37.8 Å². The fourth-order valence-corrected chi connectivity index (χ4v) is 4.59. The van der Waals surface area contributed by atoms with Crippen LogP contribution in [0.3, 0.4) is 0 Å². The molecule has 1 aliphatic rings. The molecule has 9 nitrogen and oxygen atoms in total. The van der Waals surface area contributed by atoms with Gasteiger partial charge in [0.15, 0.2) is 0 Å². The van der Waals surface area contributed by atoms with Crippen molar-refractivity contribution in [2.24, 2.45) is 5.73 Å². The lowest BCUT2D eigenvalue weighted by Gasteiger charge is -2.38. The molecule has 1 fully saturated rings. The largest absolute Gasteiger partial charge is 0.394 e. The molecule has 0 aliphatic carbocycles. The SMILES string of the molecule is CC(C)(CO)NCc1cccnc1N1CCN(C(=O)[C@@H](Cc2ccc(Cl)cc2Cl)NC(=O)CCN)CC1. The van der Waals surface area contributed by atoms with Crippen LogP contribution in [-0.2, 0) is 22.6 Å². The van der Waals surface area contributed by atoms with E-state index >= 15 is 0 Å². The lowest BCUT2D eigenvalue weighted by atomic mass is 10.0. The fourth-order valence-electron chi connectivity index (χ4n) is 4.11. The number of nitrogens with zero attached hydrogens (tertiary/aromatic N) is 3. The molecule has 2 amide bonds. The molecular weight excluding hydrogens is 515 g/mol. The summed E-state index contributed by atoms with van der Waals surface area (Å²) in [4.78, 5) is 34.4. The second-order valence-electron chi connectivity index (χ2n) is 9.79. The third-order valence-corrected chi connectivity index (χ3v) is 6.94. The van der Waals surface area contributed by atoms with Gasteiger partial charge in [0, 0.05) is 79.5 Å². The molecule has 0 saturated carbocycles. The molecule has 3 rings (SSSR count). The van der Waals surface area contributed by atoms with Gasteiger partial charge in [0.2, 0.25) is 11.8 Å². The number of pyridine rings is 1. The molecular formula is C26H36Cl2N6O3. The average molecular weight is 552 g/mol. The molecule has 2 heterocycles. The second kappa shape index (κ2) is 13.4. The summed E-state index contributed by atoms with van der Waals surface area (Å²) in [6, 6.07) is 8.25. The van der Waals surface area contributed by atoms with Crippen LogP contribution in [0.4, 0.5) is 5.82 Å². The van der Waals surface area contributed by atoms with E-state index in [2.05, 4.69) is 20.5 Å². The van der Waals surface area contributed by atoms with Crippen molar-refractivity contribution in [3.05, 3.63) is 57.7 Å². The Morgan fingerprint density at radius 2 is 1.89 bits per heavy atom. The monoisotopic (exact) mass is 550 g/mol. The van der Waals surface area contributed by atoms with Gasteiger partial charge in [-0.25, -0.2) is 4.98 Å². The van der Waals surface area contributed by atoms with Gasteiger partial charge in [-0.05, 0) is 37.6 Å². The van der Waals surface area contributed by atoms with Gasteiger partial charge in [0.25, 0.3) is 0 Å². The number of piperazine rings is 1. The number of anilines is 1. The highest BCUT2D eigenvalue weighted by atomic mass is 35.5. The van der Waals surface area contributed by atoms with E-state index in [0.717, 1.165) is 16.9 Å². The number of halogens is 2. The maximum Gasteiger partial charge on any atom is 0.245 e. The lowest BCUT2D eigenvalue weighted by molar-refractivity contribution is -0.136. The summed E-state index contributed by atoms with van der Waals surface area (Å²) in [6.45, 7) is 6.84. The third-order valence-electron chi connectivity index (χ3n) is 6.35. The first-order chi connectivity index (χ1) is 17.6. The van der Waals surface area contributed by atoms with Gasteiger partial charge in [-0.2, -0.15) is 0 Å². The maximum absolute atomic E-state index is 13.5. The van der Waals surface area contributed by atoms with Crippen LogP contribution in [0.5, 0.6) is 0 Å². The van der Waals surface area contributed by atoms with E-state index in [0.29, 0.717) is 42.8 Å². The van der Waals surface area contributed by atoms with Crippen molar-refractivity contribution >= 4 is 40.8 Å². The minimum Gasteiger partial charge on any atom is -0.394 e. The summed E-state index contributed by atoms with van der Waals surface area (Å²) in [6.07, 6.45) is 2.14. The zero-order valence-corrected chi connectivity index (χ0v) is 22.9. The van der Waals surface area contributed by atoms with Crippen molar-refractivity contribution < 1.29 is 14.7 Å². The Balaban J connectivity index is 1.69. The highest BCUT2D eigenvalue weighted by Crippen LogP contribution is 2.24. The first-order valence-electron chi connectivity index (χ1n) is 12.4. The zero-order valence-electron chi connectivity index (χ0n) is 21.3. The molecule has 37 heavy (non-hydrogen) atoms. The lowest BCUT2D eigenvalue weighted by Crippen LogP contribution is -2.56. The molecule has 1 aliphatic heterocycles. The Bertz CT molecular complexity index is 1080. The van der Waals surface area contributed by atoms with Gasteiger partial charge >= 0.3 is 0 Å². The van der Waals surface area contributed by atoms with Gasteiger partial charge in [-0.15, -0.1) is 0 Å². The number of benzene rings is 1. The van der Waals surface area contributed by atoms with Crippen molar-refractivity contribution in [1.82, 2.24) is 20.5 Å². The van der Waals surface area contributed by atoms with E-state index in [1.807, 2.05) is 26.0 Å². The van der Waals surface area contributed by atoms with Crippen LogP contribution in [-0.4, -0.2) is 77.7 Å². The van der Waals surface area contributed by atoms with Gasteiger partial charge < -0.3 is 31.3 Å². The van der Waals surface area contributed by atoms with Gasteiger partial charge in [0.05, 0.1) is 6.61 Å². The molecule has 0 spiro atoms. The summed E-state index contributed by atoms with van der Waals surface area (Å²) < 4.78 is 0. The van der Waals surface area contributed by atoms with Crippen LogP contribution in [0.15, 0.2) is 36.5 Å². The predicted octanol–water partition coefficient (Wildman–Crippen LogP) is 1.97. The van der Waals surface area contributed by atoms with Gasteiger partial charge in [-0.3, -0.25) is 9.59 Å². The number of hydrogen-bond acceptors (Lipinski definition) is 7. The summed E-state index contributed by atoms with van der Waals surface area (Å²) in [5, 5.41) is 16.7. The molecule has 1 aromatic heterocycles. The molecule has 0 radical (unpaired) electrons. The Labute approximate surface area is 228 Å². The standard InChI is InChI=1S/C26H36Cl2N6O3/c1-26(2,17-35)31-16-19-4-3-9-30-24(19)33-10-12-34(13-11-33)25(37)22(32-23(36)7-8-29)14-18-5-6-20(27)15-21(18)28/h3-6,9,15,22,31,35H,7-8,10-14,16-17,29H2,1-2H3,(H,32,36)/t22-/m1/s1. The first-order valence-corrected chi connectivity index (χ1v) is 13.2. The van der Waals surface area contributed by atoms with Gasteiger partial charge in [0.1, 0.15) is 11.9 Å². The van der Waals surface area contributed by atoms with Crippen LogP contribution < -0.4 is 21.3 Å². The smallest absolute Gasteiger partial charge is 0.245 e. The number of aliphatic hydroxyl groups is 1. The average Bonchev–Trinajstić information content (AvgIpc) is 2.88. The molecule has 2 aromatic rings.